The van der Waals surface area contributed by atoms with Gasteiger partial charge in [-0.25, -0.2) is 4.79 Å². The number of thioether (sulfide) groups is 1. The van der Waals surface area contributed by atoms with E-state index in [1.165, 1.54) is 18.9 Å². The monoisotopic (exact) mass is 836 g/mol. The van der Waals surface area contributed by atoms with Gasteiger partial charge < -0.3 is 41.2 Å². The first-order chi connectivity index (χ1) is 27.1. The van der Waals surface area contributed by atoms with Crippen molar-refractivity contribution >= 4 is 59.9 Å². The van der Waals surface area contributed by atoms with Crippen molar-refractivity contribution in [2.75, 3.05) is 38.8 Å². The van der Waals surface area contributed by atoms with Crippen LogP contribution in [0, 0.1) is 5.92 Å². The van der Waals surface area contributed by atoms with E-state index in [-0.39, 0.29) is 56.1 Å². The number of carbonyl (C=O) groups excluding carboxylic acids is 6. The Labute approximate surface area is 349 Å². The summed E-state index contributed by atoms with van der Waals surface area (Å²) in [5, 5.41) is 10.9. The Bertz CT molecular complexity index is 1610. The van der Waals surface area contributed by atoms with Crippen molar-refractivity contribution in [3.05, 3.63) is 65.2 Å². The molecule has 0 aliphatic rings. The lowest BCUT2D eigenvalue weighted by Crippen LogP contribution is -2.54. The molecular weight excluding hydrogens is 774 g/mol. The molecule has 0 radical (unpaired) electrons. The minimum Gasteiger partial charge on any atom is -0.469 e. The van der Waals surface area contributed by atoms with Crippen molar-refractivity contribution in [2.45, 2.75) is 103 Å². The van der Waals surface area contributed by atoms with Gasteiger partial charge in [-0.05, 0) is 66.2 Å². The first-order valence-electron chi connectivity index (χ1n) is 19.5. The summed E-state index contributed by atoms with van der Waals surface area (Å²) in [5.74, 6) is -1.43. The third kappa shape index (κ3) is 20.1. The SMILES string of the molecule is Cl.[2H]N[C@@H](Cc1ccc(OC(=O)OCC(C)C)c(C(C)(C)C)c1)C(=O)N[C@@H](CCSC)C(=O)NCC(=O)N[C@@H](Cc1ccccc1)C(=O)NCCCCCC(=O)OC. The average Bonchev–Trinajstić information content (AvgIpc) is 3.17. The van der Waals surface area contributed by atoms with Crippen LogP contribution in [0.5, 0.6) is 5.75 Å². The maximum absolute atomic E-state index is 13.5. The molecule has 0 unspecified atom stereocenters. The molecule has 318 valence electrons. The maximum Gasteiger partial charge on any atom is 0.513 e. The molecule has 0 saturated heterocycles. The molecule has 2 aromatic rings. The number of nitrogens with two attached hydrogens (primary N) is 1. The van der Waals surface area contributed by atoms with E-state index in [1.807, 2.05) is 77.3 Å². The third-order valence-electron chi connectivity index (χ3n) is 8.52. The normalized spacial score (nSPS) is 12.8. The summed E-state index contributed by atoms with van der Waals surface area (Å²) in [6.07, 6.45) is 3.91. The zero-order chi connectivity index (χ0) is 42.4. The van der Waals surface area contributed by atoms with Crippen molar-refractivity contribution in [3.63, 3.8) is 0 Å². The third-order valence-corrected chi connectivity index (χ3v) is 9.17. The predicted molar refractivity (Wildman–Crippen MR) is 224 cm³/mol. The number of carbonyl (C=O) groups is 6. The van der Waals surface area contributed by atoms with E-state index >= 15 is 0 Å². The lowest BCUT2D eigenvalue weighted by atomic mass is 9.84. The maximum atomic E-state index is 13.5. The number of hydrogen-bond acceptors (Lipinski definition) is 11. The molecule has 0 aliphatic heterocycles. The molecule has 0 fully saturated rings. The number of methoxy groups -OCH3 is 1. The van der Waals surface area contributed by atoms with Gasteiger partial charge in [0, 0.05) is 24.9 Å². The number of nitrogens with one attached hydrogen (secondary N) is 4. The quantitative estimate of drug-likeness (QED) is 0.0571. The van der Waals surface area contributed by atoms with Crippen LogP contribution in [-0.2, 0) is 51.7 Å². The van der Waals surface area contributed by atoms with Crippen LogP contribution >= 0.6 is 24.2 Å². The van der Waals surface area contributed by atoms with E-state index in [0.29, 0.717) is 54.9 Å². The van der Waals surface area contributed by atoms with E-state index in [9.17, 15) is 28.8 Å². The molecule has 2 aromatic carbocycles. The van der Waals surface area contributed by atoms with Crippen LogP contribution in [-0.4, -0.2) is 92.7 Å². The molecule has 0 aliphatic carbocycles. The summed E-state index contributed by atoms with van der Waals surface area (Å²) in [6, 6.07) is 11.4. The first kappa shape index (κ1) is 48.8. The average molecular weight is 837 g/mol. The van der Waals surface area contributed by atoms with Gasteiger partial charge in [0.2, 0.25) is 23.6 Å². The number of amides is 4. The number of rotatable bonds is 24. The van der Waals surface area contributed by atoms with E-state index in [2.05, 4.69) is 31.7 Å². The molecule has 0 bridgehead atoms. The first-order valence-corrected chi connectivity index (χ1v) is 20.4. The van der Waals surface area contributed by atoms with Crippen LogP contribution in [0.1, 0.15) is 83.4 Å². The highest BCUT2D eigenvalue weighted by molar-refractivity contribution is 7.98. The van der Waals surface area contributed by atoms with E-state index in [0.717, 1.165) is 5.56 Å². The van der Waals surface area contributed by atoms with E-state index in [1.54, 1.807) is 12.1 Å². The standard InChI is InChI=1S/C41H61N5O9S.ClH/c1-27(2)26-54-40(52)55-34-18-17-29(22-30(34)41(3,4)5)23-31(42)37(49)46-32(19-21-56-7)38(50)44-25-35(47)45-33(24-28-14-10-8-11-15-28)39(51)43-20-13-9-12-16-36(48)53-6;/h8,10-11,14-15,17-18,22,27,31-33H,9,12-13,16,19-21,23-26,42H2,1-7H3,(H,43,51)(H,44,50)(H,45,47)(H,46,49);1H/t31-,32-,33-;/m0./s1/i/hD. The van der Waals surface area contributed by atoms with Gasteiger partial charge in [-0.15, -0.1) is 12.4 Å². The second kappa shape index (κ2) is 26.6. The molecule has 16 heteroatoms. The Morgan fingerprint density at radius 1 is 0.860 bits per heavy atom. The van der Waals surface area contributed by atoms with Gasteiger partial charge in [0.15, 0.2) is 0 Å². The second-order valence-corrected chi connectivity index (χ2v) is 15.9. The number of halogens is 1. The van der Waals surface area contributed by atoms with Crippen molar-refractivity contribution in [1.82, 2.24) is 21.3 Å². The molecule has 0 heterocycles. The summed E-state index contributed by atoms with van der Waals surface area (Å²) in [7, 11) is 1.34. The summed E-state index contributed by atoms with van der Waals surface area (Å²) >= 11 is 1.48. The fourth-order valence-electron chi connectivity index (χ4n) is 5.44. The summed E-state index contributed by atoms with van der Waals surface area (Å²) in [4.78, 5) is 76.8. The highest BCUT2D eigenvalue weighted by atomic mass is 35.5. The molecule has 2 rings (SSSR count). The van der Waals surface area contributed by atoms with Gasteiger partial charge in [-0.1, -0.05) is 83.5 Å². The smallest absolute Gasteiger partial charge is 0.469 e. The van der Waals surface area contributed by atoms with Crippen molar-refractivity contribution in [3.8, 4) is 5.75 Å². The van der Waals surface area contributed by atoms with Crippen LogP contribution in [0.4, 0.5) is 4.79 Å². The van der Waals surface area contributed by atoms with Crippen molar-refractivity contribution in [1.29, 1.82) is 0 Å². The lowest BCUT2D eigenvalue weighted by Gasteiger charge is -2.24. The van der Waals surface area contributed by atoms with Gasteiger partial charge in [-0.3, -0.25) is 24.0 Å². The number of unbranched alkanes of at least 4 members (excludes halogenated alkanes) is 2. The molecule has 0 aromatic heterocycles. The fourth-order valence-corrected chi connectivity index (χ4v) is 5.91. The van der Waals surface area contributed by atoms with E-state index < -0.39 is 54.0 Å². The Kier molecular flexibility index (Phi) is 22.7. The predicted octanol–water partition coefficient (Wildman–Crippen LogP) is 4.38. The second-order valence-electron chi connectivity index (χ2n) is 14.9. The summed E-state index contributed by atoms with van der Waals surface area (Å²) in [6.45, 7) is 9.84. The van der Waals surface area contributed by atoms with Crippen molar-refractivity contribution < 1.29 is 44.4 Å². The number of esters is 1. The Morgan fingerprint density at radius 3 is 2.19 bits per heavy atom. The molecular formula is C41H62ClN5O9S. The van der Waals surface area contributed by atoms with Gasteiger partial charge >= 0.3 is 12.1 Å². The van der Waals surface area contributed by atoms with Crippen LogP contribution in [0.2, 0.25) is 1.41 Å². The lowest BCUT2D eigenvalue weighted by molar-refractivity contribution is -0.140. The molecule has 0 spiro atoms. The zero-order valence-corrected chi connectivity index (χ0v) is 35.8. The van der Waals surface area contributed by atoms with Crippen LogP contribution in [0.25, 0.3) is 0 Å². The topological polar surface area (TPSA) is 204 Å². The van der Waals surface area contributed by atoms with Gasteiger partial charge in [0.1, 0.15) is 19.2 Å². The minimum atomic E-state index is -1.04. The highest BCUT2D eigenvalue weighted by Crippen LogP contribution is 2.33. The van der Waals surface area contributed by atoms with Gasteiger partial charge in [-0.2, -0.15) is 11.8 Å². The minimum absolute atomic E-state index is 0. The van der Waals surface area contributed by atoms with Gasteiger partial charge in [0.05, 0.1) is 26.3 Å². The van der Waals surface area contributed by atoms with Gasteiger partial charge in [0.25, 0.3) is 0 Å². The van der Waals surface area contributed by atoms with Crippen molar-refractivity contribution in [2.24, 2.45) is 11.6 Å². The Balaban J connectivity index is 0.0000168. The Hall–Kier alpha value is -4.34. The highest BCUT2D eigenvalue weighted by Gasteiger charge is 2.27. The van der Waals surface area contributed by atoms with Crippen LogP contribution < -0.4 is 31.7 Å². The number of benzene rings is 2. The van der Waals surface area contributed by atoms with E-state index in [4.69, 9.17) is 10.9 Å². The molecule has 14 nitrogen and oxygen atoms in total. The summed E-state index contributed by atoms with van der Waals surface area (Å²) < 4.78 is 23.3. The Morgan fingerprint density at radius 2 is 1.56 bits per heavy atom. The largest absolute Gasteiger partial charge is 0.513 e. The van der Waals surface area contributed by atoms with Crippen LogP contribution in [0.15, 0.2) is 48.5 Å². The molecule has 6 N–H and O–H groups in total. The molecule has 4 amide bonds. The zero-order valence-electron chi connectivity index (χ0n) is 35.2. The fraction of sp³-hybridized carbons (Fsp3) is 0.561. The molecule has 0 saturated carbocycles. The summed E-state index contributed by atoms with van der Waals surface area (Å²) in [5.41, 5.74) is 4.08. The molecule has 3 atom stereocenters. The number of hydrogen-bond donors (Lipinski definition) is 5. The molecule has 57 heavy (non-hydrogen) atoms. The van der Waals surface area contributed by atoms with Crippen LogP contribution in [0.3, 0.4) is 0 Å². The number of ether oxygens (including phenoxy) is 3.